The van der Waals surface area contributed by atoms with Gasteiger partial charge in [-0.3, -0.25) is 9.69 Å². The Bertz CT molecular complexity index is 1020. The third kappa shape index (κ3) is 3.71. The van der Waals surface area contributed by atoms with Crippen molar-refractivity contribution in [3.63, 3.8) is 0 Å². The van der Waals surface area contributed by atoms with E-state index in [-0.39, 0.29) is 17.1 Å². The minimum absolute atomic E-state index is 0.0786. The Morgan fingerprint density at radius 2 is 1.93 bits per heavy atom. The maximum absolute atomic E-state index is 14.1. The van der Waals surface area contributed by atoms with E-state index in [0.717, 1.165) is 5.56 Å². The maximum atomic E-state index is 14.1. The number of carbonyl (C=O) groups excluding carboxylic acids is 2. The van der Waals surface area contributed by atoms with E-state index in [1.165, 1.54) is 23.1 Å². The second kappa shape index (κ2) is 7.96. The van der Waals surface area contributed by atoms with E-state index in [2.05, 4.69) is 6.07 Å². The predicted octanol–water partition coefficient (Wildman–Crippen LogP) is 3.98. The highest BCUT2D eigenvalue weighted by Gasteiger charge is 2.47. The molecule has 30 heavy (non-hydrogen) atoms. The molecule has 2 aliphatic rings. The molecule has 2 fully saturated rings. The van der Waals surface area contributed by atoms with Crippen LogP contribution in [-0.2, 0) is 11.3 Å². The molecule has 2 aliphatic heterocycles. The number of rotatable bonds is 3. The number of nitriles is 1. The largest absolute Gasteiger partial charge is 0.441 e. The SMILES string of the molecule is N#Cc1ccccc1CN1CC2(CCN(C(=O)c3c(F)cccc3Cl)CC2)OC1=O. The number of hydrogen-bond donors (Lipinski definition) is 0. The molecule has 0 bridgehead atoms. The number of benzene rings is 2. The van der Waals surface area contributed by atoms with Crippen molar-refractivity contribution in [3.05, 3.63) is 70.0 Å². The van der Waals surface area contributed by atoms with Crippen molar-refractivity contribution < 1.29 is 18.7 Å². The molecule has 2 saturated heterocycles. The van der Waals surface area contributed by atoms with Crippen molar-refractivity contribution in [2.45, 2.75) is 25.0 Å². The summed E-state index contributed by atoms with van der Waals surface area (Å²) in [5.74, 6) is -1.11. The van der Waals surface area contributed by atoms with Gasteiger partial charge in [-0.15, -0.1) is 0 Å². The number of halogens is 2. The van der Waals surface area contributed by atoms with Crippen molar-refractivity contribution >= 4 is 23.6 Å². The van der Waals surface area contributed by atoms with E-state index in [1.54, 1.807) is 17.0 Å². The summed E-state index contributed by atoms with van der Waals surface area (Å²) in [4.78, 5) is 28.3. The van der Waals surface area contributed by atoms with Crippen LogP contribution < -0.4 is 0 Å². The normalized spacial score (nSPS) is 17.7. The lowest BCUT2D eigenvalue weighted by atomic mass is 9.91. The highest BCUT2D eigenvalue weighted by atomic mass is 35.5. The molecule has 2 aromatic rings. The zero-order chi connectivity index (χ0) is 21.3. The molecular formula is C22H19ClFN3O3. The number of carbonyl (C=O) groups is 2. The molecule has 2 aromatic carbocycles. The zero-order valence-corrected chi connectivity index (χ0v) is 16.9. The average Bonchev–Trinajstić information content (AvgIpc) is 3.03. The Morgan fingerprint density at radius 1 is 1.20 bits per heavy atom. The van der Waals surface area contributed by atoms with Crippen LogP contribution in [0.25, 0.3) is 0 Å². The quantitative estimate of drug-likeness (QED) is 0.742. The second-order valence-corrected chi connectivity index (χ2v) is 7.97. The molecule has 0 aliphatic carbocycles. The van der Waals surface area contributed by atoms with E-state index < -0.39 is 23.4 Å². The molecular weight excluding hydrogens is 409 g/mol. The van der Waals surface area contributed by atoms with Gasteiger partial charge in [-0.1, -0.05) is 35.9 Å². The smallest absolute Gasteiger partial charge is 0.410 e. The number of ether oxygens (including phenoxy) is 1. The molecule has 0 saturated carbocycles. The van der Waals surface area contributed by atoms with Crippen molar-refractivity contribution in [1.82, 2.24) is 9.80 Å². The minimum Gasteiger partial charge on any atom is -0.441 e. The van der Waals surface area contributed by atoms with Crippen molar-refractivity contribution in [2.24, 2.45) is 0 Å². The minimum atomic E-state index is -0.686. The molecule has 2 heterocycles. The topological polar surface area (TPSA) is 73.6 Å². The Balaban J connectivity index is 1.43. The summed E-state index contributed by atoms with van der Waals surface area (Å²) < 4.78 is 19.8. The highest BCUT2D eigenvalue weighted by Crippen LogP contribution is 2.35. The van der Waals surface area contributed by atoms with Crippen LogP contribution in [0.4, 0.5) is 9.18 Å². The second-order valence-electron chi connectivity index (χ2n) is 7.56. The predicted molar refractivity (Wildman–Crippen MR) is 107 cm³/mol. The molecule has 0 atom stereocenters. The summed E-state index contributed by atoms with van der Waals surface area (Å²) in [7, 11) is 0. The van der Waals surface area contributed by atoms with Crippen molar-refractivity contribution in [2.75, 3.05) is 19.6 Å². The zero-order valence-electron chi connectivity index (χ0n) is 16.1. The maximum Gasteiger partial charge on any atom is 0.410 e. The fraction of sp³-hybridized carbons (Fsp3) is 0.318. The van der Waals surface area contributed by atoms with Gasteiger partial charge in [0.25, 0.3) is 5.91 Å². The van der Waals surface area contributed by atoms with Crippen molar-refractivity contribution in [3.8, 4) is 6.07 Å². The molecule has 0 radical (unpaired) electrons. The summed E-state index contributed by atoms with van der Waals surface area (Å²) in [5, 5.41) is 9.33. The van der Waals surface area contributed by atoms with Gasteiger partial charge in [0.2, 0.25) is 0 Å². The van der Waals surface area contributed by atoms with Crippen LogP contribution in [0, 0.1) is 17.1 Å². The van der Waals surface area contributed by atoms with Crippen LogP contribution >= 0.6 is 11.6 Å². The summed E-state index contributed by atoms with van der Waals surface area (Å²) in [6.07, 6.45) is 0.472. The Hall–Kier alpha value is -3.11. The van der Waals surface area contributed by atoms with Crippen LogP contribution in [-0.4, -0.2) is 47.0 Å². The van der Waals surface area contributed by atoms with Gasteiger partial charge in [0.15, 0.2) is 0 Å². The van der Waals surface area contributed by atoms with Gasteiger partial charge < -0.3 is 9.64 Å². The lowest BCUT2D eigenvalue weighted by molar-refractivity contribution is 0.00302. The first-order valence-corrected chi connectivity index (χ1v) is 9.99. The standard InChI is InChI=1S/C22H19ClFN3O3/c23-17-6-3-7-18(24)19(17)20(28)26-10-8-22(9-11-26)14-27(21(29)30-22)13-16-5-2-1-4-15(16)12-25/h1-7H,8-11,13-14H2. The summed E-state index contributed by atoms with van der Waals surface area (Å²) in [6.45, 7) is 1.34. The Morgan fingerprint density at radius 3 is 2.63 bits per heavy atom. The van der Waals surface area contributed by atoms with Gasteiger partial charge in [0.05, 0.1) is 35.3 Å². The fourth-order valence-corrected chi connectivity index (χ4v) is 4.27. The molecule has 0 N–H and O–H groups in total. The van der Waals surface area contributed by atoms with Gasteiger partial charge in [-0.05, 0) is 23.8 Å². The van der Waals surface area contributed by atoms with Crippen LogP contribution in [0.2, 0.25) is 5.02 Å². The van der Waals surface area contributed by atoms with Crippen LogP contribution in [0.1, 0.15) is 34.3 Å². The van der Waals surface area contributed by atoms with Crippen molar-refractivity contribution in [1.29, 1.82) is 5.26 Å². The molecule has 1 spiro atoms. The average molecular weight is 428 g/mol. The summed E-state index contributed by atoms with van der Waals surface area (Å²) in [5.41, 5.74) is 0.464. The molecule has 0 aromatic heterocycles. The van der Waals surface area contributed by atoms with Crippen LogP contribution in [0.5, 0.6) is 0 Å². The molecule has 8 heteroatoms. The first kappa shape index (κ1) is 20.2. The van der Waals surface area contributed by atoms with E-state index in [9.17, 15) is 19.2 Å². The number of nitrogens with zero attached hydrogens (tertiary/aromatic N) is 3. The lowest BCUT2D eigenvalue weighted by Crippen LogP contribution is -2.48. The van der Waals surface area contributed by atoms with Crippen LogP contribution in [0.15, 0.2) is 42.5 Å². The van der Waals surface area contributed by atoms with E-state index >= 15 is 0 Å². The Labute approximate surface area is 178 Å². The first-order chi connectivity index (χ1) is 14.4. The molecule has 2 amide bonds. The molecule has 0 unspecified atom stereocenters. The molecule has 154 valence electrons. The summed E-state index contributed by atoms with van der Waals surface area (Å²) in [6, 6.07) is 13.4. The fourth-order valence-electron chi connectivity index (χ4n) is 4.03. The number of hydrogen-bond acceptors (Lipinski definition) is 4. The van der Waals surface area contributed by atoms with Crippen LogP contribution in [0.3, 0.4) is 0 Å². The van der Waals surface area contributed by atoms with Gasteiger partial charge in [0.1, 0.15) is 11.4 Å². The van der Waals surface area contributed by atoms with Gasteiger partial charge in [-0.2, -0.15) is 5.26 Å². The van der Waals surface area contributed by atoms with E-state index in [0.29, 0.717) is 38.0 Å². The first-order valence-electron chi connectivity index (χ1n) is 9.62. The number of piperidine rings is 1. The Kier molecular flexibility index (Phi) is 5.35. The third-order valence-corrected chi connectivity index (χ3v) is 5.99. The summed E-state index contributed by atoms with van der Waals surface area (Å²) >= 11 is 6.02. The van der Waals surface area contributed by atoms with Gasteiger partial charge in [-0.25, -0.2) is 9.18 Å². The van der Waals surface area contributed by atoms with Gasteiger partial charge >= 0.3 is 6.09 Å². The molecule has 4 rings (SSSR count). The molecule has 6 nitrogen and oxygen atoms in total. The number of likely N-dealkylation sites (tertiary alicyclic amines) is 1. The highest BCUT2D eigenvalue weighted by molar-refractivity contribution is 6.33. The van der Waals surface area contributed by atoms with E-state index in [1.807, 2.05) is 12.1 Å². The third-order valence-electron chi connectivity index (χ3n) is 5.68. The van der Waals surface area contributed by atoms with Gasteiger partial charge in [0, 0.05) is 25.9 Å². The number of amides is 2. The van der Waals surface area contributed by atoms with E-state index in [4.69, 9.17) is 16.3 Å². The monoisotopic (exact) mass is 427 g/mol. The lowest BCUT2D eigenvalue weighted by Gasteiger charge is -2.37.